The zero-order valence-corrected chi connectivity index (χ0v) is 12.0. The Morgan fingerprint density at radius 1 is 1.15 bits per heavy atom. The number of urea groups is 1. The molecule has 2 amide bonds. The van der Waals surface area contributed by atoms with Crippen LogP contribution < -0.4 is 10.6 Å². The first-order valence-electron chi connectivity index (χ1n) is 6.55. The Bertz CT molecular complexity index is 594. The highest BCUT2D eigenvalue weighted by Gasteiger charge is 2.22. The second kappa shape index (κ2) is 5.74. The Labute approximate surface area is 119 Å². The molecule has 0 aliphatic rings. The fourth-order valence-electron chi connectivity index (χ4n) is 1.96. The second-order valence-corrected chi connectivity index (χ2v) is 5.29. The number of anilines is 1. The Balaban J connectivity index is 2.04. The summed E-state index contributed by atoms with van der Waals surface area (Å²) in [6.07, 6.45) is 1.67. The predicted octanol–water partition coefficient (Wildman–Crippen LogP) is 3.45. The number of amides is 2. The largest absolute Gasteiger partial charge is 0.329 e. The van der Waals surface area contributed by atoms with Gasteiger partial charge in [-0.15, -0.1) is 0 Å². The molecule has 2 aromatic rings. The predicted molar refractivity (Wildman–Crippen MR) is 80.6 cm³/mol. The van der Waals surface area contributed by atoms with Gasteiger partial charge >= 0.3 is 6.03 Å². The van der Waals surface area contributed by atoms with Gasteiger partial charge in [-0.3, -0.25) is 5.32 Å². The molecule has 0 bridgehead atoms. The lowest BCUT2D eigenvalue weighted by Gasteiger charge is -2.26. The van der Waals surface area contributed by atoms with E-state index in [0.29, 0.717) is 5.82 Å². The van der Waals surface area contributed by atoms with Crippen molar-refractivity contribution in [1.82, 2.24) is 10.3 Å². The zero-order chi connectivity index (χ0) is 14.6. The molecular formula is C16H19N3O. The second-order valence-electron chi connectivity index (χ2n) is 5.29. The molecule has 0 aliphatic heterocycles. The number of carbonyl (C=O) groups is 1. The van der Waals surface area contributed by atoms with Gasteiger partial charge in [0.25, 0.3) is 0 Å². The summed E-state index contributed by atoms with van der Waals surface area (Å²) in [6, 6.07) is 13.3. The maximum Gasteiger partial charge on any atom is 0.321 e. The summed E-state index contributed by atoms with van der Waals surface area (Å²) in [4.78, 5) is 16.2. The summed E-state index contributed by atoms with van der Waals surface area (Å²) in [6.45, 7) is 5.88. The molecule has 1 heterocycles. The van der Waals surface area contributed by atoms with Crippen LogP contribution in [0.4, 0.5) is 10.6 Å². The number of aromatic nitrogens is 1. The van der Waals surface area contributed by atoms with E-state index in [2.05, 4.69) is 15.6 Å². The number of aryl methyl sites for hydroxylation is 1. The standard InChI is InChI=1S/C16H19N3O/c1-12-9-10-17-14(11-12)18-15(20)19-16(2,3)13-7-5-4-6-8-13/h4-11H,1-3H3,(H2,17,18,19,20). The quantitative estimate of drug-likeness (QED) is 0.896. The van der Waals surface area contributed by atoms with Crippen molar-refractivity contribution in [2.75, 3.05) is 5.32 Å². The van der Waals surface area contributed by atoms with Crippen LogP contribution >= 0.6 is 0 Å². The van der Waals surface area contributed by atoms with Crippen molar-refractivity contribution in [3.05, 3.63) is 59.8 Å². The highest BCUT2D eigenvalue weighted by Crippen LogP contribution is 2.19. The minimum Gasteiger partial charge on any atom is -0.329 e. The fourth-order valence-corrected chi connectivity index (χ4v) is 1.96. The molecule has 0 fully saturated rings. The van der Waals surface area contributed by atoms with Crippen LogP contribution in [-0.2, 0) is 5.54 Å². The zero-order valence-electron chi connectivity index (χ0n) is 12.0. The van der Waals surface area contributed by atoms with Crippen molar-refractivity contribution in [3.8, 4) is 0 Å². The average molecular weight is 269 g/mol. The van der Waals surface area contributed by atoms with Gasteiger partial charge in [0, 0.05) is 6.20 Å². The van der Waals surface area contributed by atoms with E-state index in [-0.39, 0.29) is 6.03 Å². The summed E-state index contributed by atoms with van der Waals surface area (Å²) in [7, 11) is 0. The third-order valence-electron chi connectivity index (χ3n) is 3.08. The van der Waals surface area contributed by atoms with E-state index < -0.39 is 5.54 Å². The van der Waals surface area contributed by atoms with Gasteiger partial charge in [-0.25, -0.2) is 9.78 Å². The number of nitrogens with zero attached hydrogens (tertiary/aromatic N) is 1. The van der Waals surface area contributed by atoms with Gasteiger partial charge < -0.3 is 5.32 Å². The number of hydrogen-bond acceptors (Lipinski definition) is 2. The van der Waals surface area contributed by atoms with Crippen LogP contribution in [0.1, 0.15) is 25.0 Å². The summed E-state index contributed by atoms with van der Waals surface area (Å²) in [5, 5.41) is 5.70. The minimum atomic E-state index is -0.449. The van der Waals surface area contributed by atoms with Crippen molar-refractivity contribution in [3.63, 3.8) is 0 Å². The number of nitrogens with one attached hydrogen (secondary N) is 2. The van der Waals surface area contributed by atoms with Crippen molar-refractivity contribution in [1.29, 1.82) is 0 Å². The van der Waals surface area contributed by atoms with Crippen molar-refractivity contribution >= 4 is 11.8 Å². The SMILES string of the molecule is Cc1ccnc(NC(=O)NC(C)(C)c2ccccc2)c1. The molecule has 0 unspecified atom stereocenters. The average Bonchev–Trinajstić information content (AvgIpc) is 2.39. The van der Waals surface area contributed by atoms with E-state index in [1.807, 2.05) is 63.2 Å². The van der Waals surface area contributed by atoms with Crippen LogP contribution in [0.25, 0.3) is 0 Å². The topological polar surface area (TPSA) is 54.0 Å². The van der Waals surface area contributed by atoms with Gasteiger partial charge in [-0.2, -0.15) is 0 Å². The third-order valence-corrected chi connectivity index (χ3v) is 3.08. The Hall–Kier alpha value is -2.36. The van der Waals surface area contributed by atoms with Crippen LogP contribution in [0.15, 0.2) is 48.7 Å². The first-order chi connectivity index (χ1) is 9.47. The van der Waals surface area contributed by atoms with Gasteiger partial charge in [-0.1, -0.05) is 30.3 Å². The summed E-state index contributed by atoms with van der Waals surface area (Å²) in [5.74, 6) is 0.548. The number of pyridine rings is 1. The molecule has 0 atom stereocenters. The van der Waals surface area contributed by atoms with E-state index in [1.165, 1.54) is 0 Å². The summed E-state index contributed by atoms with van der Waals surface area (Å²) >= 11 is 0. The van der Waals surface area contributed by atoms with E-state index in [0.717, 1.165) is 11.1 Å². The molecule has 104 valence electrons. The summed E-state index contributed by atoms with van der Waals surface area (Å²) < 4.78 is 0. The smallest absolute Gasteiger partial charge is 0.321 e. The molecular weight excluding hydrogens is 250 g/mol. The summed E-state index contributed by atoms with van der Waals surface area (Å²) in [5.41, 5.74) is 1.65. The lowest BCUT2D eigenvalue weighted by atomic mass is 9.95. The molecule has 20 heavy (non-hydrogen) atoms. The molecule has 0 aliphatic carbocycles. The minimum absolute atomic E-state index is 0.267. The monoisotopic (exact) mass is 269 g/mol. The first-order valence-corrected chi connectivity index (χ1v) is 6.55. The third kappa shape index (κ3) is 3.57. The maximum absolute atomic E-state index is 12.1. The maximum atomic E-state index is 12.1. The molecule has 2 rings (SSSR count). The Morgan fingerprint density at radius 2 is 1.85 bits per heavy atom. The van der Waals surface area contributed by atoms with Crippen molar-refractivity contribution < 1.29 is 4.79 Å². The number of carbonyl (C=O) groups excluding carboxylic acids is 1. The molecule has 4 heteroatoms. The van der Waals surface area contributed by atoms with E-state index in [9.17, 15) is 4.79 Å². The normalized spacial score (nSPS) is 10.9. The molecule has 0 spiro atoms. The van der Waals surface area contributed by atoms with Gasteiger partial charge in [0.05, 0.1) is 5.54 Å². The van der Waals surface area contributed by atoms with Gasteiger partial charge in [-0.05, 0) is 44.0 Å². The Kier molecular flexibility index (Phi) is 4.03. The molecule has 1 aromatic carbocycles. The molecule has 0 saturated carbocycles. The number of hydrogen-bond donors (Lipinski definition) is 2. The van der Waals surface area contributed by atoms with E-state index in [4.69, 9.17) is 0 Å². The van der Waals surface area contributed by atoms with Gasteiger partial charge in [0.15, 0.2) is 0 Å². The van der Waals surface area contributed by atoms with Gasteiger partial charge in [0.1, 0.15) is 5.82 Å². The number of rotatable bonds is 3. The number of benzene rings is 1. The molecule has 4 nitrogen and oxygen atoms in total. The van der Waals surface area contributed by atoms with Crippen LogP contribution in [0.2, 0.25) is 0 Å². The van der Waals surface area contributed by atoms with E-state index >= 15 is 0 Å². The molecule has 0 radical (unpaired) electrons. The van der Waals surface area contributed by atoms with Gasteiger partial charge in [0.2, 0.25) is 0 Å². The van der Waals surface area contributed by atoms with Crippen LogP contribution in [0, 0.1) is 6.92 Å². The molecule has 1 aromatic heterocycles. The fraction of sp³-hybridized carbons (Fsp3) is 0.250. The van der Waals surface area contributed by atoms with Crippen molar-refractivity contribution in [2.45, 2.75) is 26.3 Å². The molecule has 0 saturated heterocycles. The van der Waals surface area contributed by atoms with Crippen LogP contribution in [0.3, 0.4) is 0 Å². The van der Waals surface area contributed by atoms with Crippen LogP contribution in [-0.4, -0.2) is 11.0 Å². The highest BCUT2D eigenvalue weighted by molar-refractivity contribution is 5.88. The van der Waals surface area contributed by atoms with Crippen LogP contribution in [0.5, 0.6) is 0 Å². The lowest BCUT2D eigenvalue weighted by Crippen LogP contribution is -2.43. The Morgan fingerprint density at radius 3 is 2.50 bits per heavy atom. The van der Waals surface area contributed by atoms with E-state index in [1.54, 1.807) is 6.20 Å². The lowest BCUT2D eigenvalue weighted by molar-refractivity contribution is 0.242. The molecule has 2 N–H and O–H groups in total. The first kappa shape index (κ1) is 14.1. The van der Waals surface area contributed by atoms with Crippen molar-refractivity contribution in [2.24, 2.45) is 0 Å². The highest BCUT2D eigenvalue weighted by atomic mass is 16.2.